The van der Waals surface area contributed by atoms with Crippen LogP contribution in [0, 0.1) is 0 Å². The maximum atomic E-state index is 12.5. The quantitative estimate of drug-likeness (QED) is 0.651. The van der Waals surface area contributed by atoms with Gasteiger partial charge in [-0.1, -0.05) is 36.4 Å². The van der Waals surface area contributed by atoms with Crippen LogP contribution in [0.1, 0.15) is 21.5 Å². The van der Waals surface area contributed by atoms with Crippen molar-refractivity contribution in [3.63, 3.8) is 0 Å². The van der Waals surface area contributed by atoms with Gasteiger partial charge in [0, 0.05) is 12.5 Å². The lowest BCUT2D eigenvalue weighted by Crippen LogP contribution is -2.06. The molecule has 0 aromatic heterocycles. The van der Waals surface area contributed by atoms with E-state index in [2.05, 4.69) is 6.58 Å². The number of rotatable bonds is 6. The average molecular weight is 282 g/mol. The summed E-state index contributed by atoms with van der Waals surface area (Å²) in [5, 5.41) is 9.91. The van der Waals surface area contributed by atoms with Crippen LogP contribution in [-0.2, 0) is 12.8 Å². The first-order chi connectivity index (χ1) is 10.2. The molecule has 108 valence electrons. The zero-order valence-corrected chi connectivity index (χ0v) is 12.0. The van der Waals surface area contributed by atoms with Crippen molar-refractivity contribution in [3.05, 3.63) is 71.8 Å². The van der Waals surface area contributed by atoms with Gasteiger partial charge in [0.1, 0.15) is 11.5 Å². The number of ether oxygens (including phenoxy) is 1. The molecule has 2 rings (SSSR count). The van der Waals surface area contributed by atoms with E-state index in [0.29, 0.717) is 29.7 Å². The van der Waals surface area contributed by atoms with Gasteiger partial charge in [0.2, 0.25) is 0 Å². The summed E-state index contributed by atoms with van der Waals surface area (Å²) in [7, 11) is 1.49. The first kappa shape index (κ1) is 14.9. The van der Waals surface area contributed by atoms with Crippen molar-refractivity contribution in [2.24, 2.45) is 0 Å². The molecule has 1 N–H and O–H groups in total. The van der Waals surface area contributed by atoms with E-state index in [1.165, 1.54) is 13.2 Å². The van der Waals surface area contributed by atoms with Crippen LogP contribution in [0.4, 0.5) is 0 Å². The Kier molecular flexibility index (Phi) is 4.77. The number of benzene rings is 2. The Morgan fingerprint density at radius 2 is 2.00 bits per heavy atom. The molecule has 0 unspecified atom stereocenters. The average Bonchev–Trinajstić information content (AvgIpc) is 2.50. The predicted octanol–water partition coefficient (Wildman–Crippen LogP) is 3.55. The molecular formula is C18H18O3. The van der Waals surface area contributed by atoms with Crippen LogP contribution in [0.3, 0.4) is 0 Å². The lowest BCUT2D eigenvalue weighted by Gasteiger charge is -2.11. The first-order valence-electron chi connectivity index (χ1n) is 6.73. The fraction of sp³-hybridized carbons (Fsp3) is 0.167. The number of hydrogen-bond acceptors (Lipinski definition) is 3. The highest BCUT2D eigenvalue weighted by molar-refractivity contribution is 6.00. The van der Waals surface area contributed by atoms with Crippen LogP contribution < -0.4 is 4.74 Å². The van der Waals surface area contributed by atoms with Crippen molar-refractivity contribution in [1.29, 1.82) is 0 Å². The van der Waals surface area contributed by atoms with Gasteiger partial charge in [-0.15, -0.1) is 6.58 Å². The molecule has 2 aromatic carbocycles. The Hall–Kier alpha value is -2.55. The number of hydrogen-bond donors (Lipinski definition) is 1. The maximum Gasteiger partial charge on any atom is 0.170 e. The van der Waals surface area contributed by atoms with E-state index in [9.17, 15) is 9.90 Å². The van der Waals surface area contributed by atoms with E-state index in [4.69, 9.17) is 4.74 Å². The molecule has 3 nitrogen and oxygen atoms in total. The monoisotopic (exact) mass is 282 g/mol. The number of aromatic hydroxyl groups is 1. The summed E-state index contributed by atoms with van der Waals surface area (Å²) in [6.45, 7) is 3.65. The van der Waals surface area contributed by atoms with Crippen LogP contribution in [-0.4, -0.2) is 18.0 Å². The van der Waals surface area contributed by atoms with Crippen molar-refractivity contribution >= 4 is 5.78 Å². The van der Waals surface area contributed by atoms with E-state index in [0.717, 1.165) is 5.56 Å². The number of carbonyl (C=O) groups is 1. The molecule has 3 heteroatoms. The summed E-state index contributed by atoms with van der Waals surface area (Å²) in [6, 6.07) is 12.7. The highest BCUT2D eigenvalue weighted by atomic mass is 16.5. The maximum absolute atomic E-state index is 12.5. The van der Waals surface area contributed by atoms with Gasteiger partial charge in [0.15, 0.2) is 5.78 Å². The minimum absolute atomic E-state index is 0.0386. The van der Waals surface area contributed by atoms with Crippen LogP contribution >= 0.6 is 0 Å². The van der Waals surface area contributed by atoms with Crippen molar-refractivity contribution in [2.45, 2.75) is 12.8 Å². The Morgan fingerprint density at radius 1 is 1.29 bits per heavy atom. The van der Waals surface area contributed by atoms with Crippen LogP contribution in [0.15, 0.2) is 55.1 Å². The van der Waals surface area contributed by atoms with Crippen LogP contribution in [0.5, 0.6) is 11.5 Å². The molecular weight excluding hydrogens is 264 g/mol. The molecule has 0 saturated heterocycles. The largest absolute Gasteiger partial charge is 0.508 e. The molecule has 2 aromatic rings. The van der Waals surface area contributed by atoms with Crippen molar-refractivity contribution in [3.8, 4) is 11.5 Å². The number of ketones is 1. The standard InChI is InChI=1S/C18H18O3/c1-3-7-14-11-15(18(21-2)12-16(14)19)17(20)10-13-8-5-4-6-9-13/h3-6,8-9,11-12,19H,1,7,10H2,2H3. The van der Waals surface area contributed by atoms with E-state index in [1.807, 2.05) is 30.3 Å². The fourth-order valence-electron chi connectivity index (χ4n) is 2.20. The lowest BCUT2D eigenvalue weighted by molar-refractivity contribution is 0.0990. The molecule has 0 aliphatic rings. The van der Waals surface area contributed by atoms with E-state index in [1.54, 1.807) is 12.1 Å². The minimum atomic E-state index is -0.0386. The Bertz CT molecular complexity index is 645. The smallest absolute Gasteiger partial charge is 0.170 e. The Balaban J connectivity index is 2.34. The van der Waals surface area contributed by atoms with Crippen LogP contribution in [0.25, 0.3) is 0 Å². The normalized spacial score (nSPS) is 10.1. The summed E-state index contributed by atoms with van der Waals surface area (Å²) in [4.78, 5) is 12.5. The van der Waals surface area contributed by atoms with Gasteiger partial charge >= 0.3 is 0 Å². The van der Waals surface area contributed by atoms with Crippen molar-refractivity contribution in [2.75, 3.05) is 7.11 Å². The number of phenols is 1. The second-order valence-corrected chi connectivity index (χ2v) is 4.76. The second-order valence-electron chi connectivity index (χ2n) is 4.76. The first-order valence-corrected chi connectivity index (χ1v) is 6.73. The third-order valence-corrected chi connectivity index (χ3v) is 3.27. The molecule has 0 aliphatic carbocycles. The molecule has 0 fully saturated rings. The number of methoxy groups -OCH3 is 1. The van der Waals surface area contributed by atoms with E-state index >= 15 is 0 Å². The number of carbonyl (C=O) groups excluding carboxylic acids is 1. The molecule has 0 spiro atoms. The summed E-state index contributed by atoms with van der Waals surface area (Å²) < 4.78 is 5.21. The summed E-state index contributed by atoms with van der Waals surface area (Å²) in [5.41, 5.74) is 2.10. The fourth-order valence-corrected chi connectivity index (χ4v) is 2.20. The molecule has 0 amide bonds. The highest BCUT2D eigenvalue weighted by Crippen LogP contribution is 2.29. The van der Waals surface area contributed by atoms with Gasteiger partial charge < -0.3 is 9.84 Å². The third-order valence-electron chi connectivity index (χ3n) is 3.27. The summed E-state index contributed by atoms with van der Waals surface area (Å²) in [6.07, 6.45) is 2.49. The van der Waals surface area contributed by atoms with Gasteiger partial charge in [-0.3, -0.25) is 4.79 Å². The third kappa shape index (κ3) is 3.51. The van der Waals surface area contributed by atoms with Gasteiger partial charge in [-0.2, -0.15) is 0 Å². The number of allylic oxidation sites excluding steroid dienone is 1. The highest BCUT2D eigenvalue weighted by Gasteiger charge is 2.16. The molecule has 0 atom stereocenters. The second kappa shape index (κ2) is 6.75. The molecule has 0 heterocycles. The molecule has 0 radical (unpaired) electrons. The van der Waals surface area contributed by atoms with Gasteiger partial charge in [0.25, 0.3) is 0 Å². The zero-order chi connectivity index (χ0) is 15.2. The Labute approximate surface area is 124 Å². The molecule has 0 bridgehead atoms. The molecule has 21 heavy (non-hydrogen) atoms. The summed E-state index contributed by atoms with van der Waals surface area (Å²) >= 11 is 0. The topological polar surface area (TPSA) is 46.5 Å². The van der Waals surface area contributed by atoms with Gasteiger partial charge in [0.05, 0.1) is 12.7 Å². The van der Waals surface area contributed by atoms with Crippen molar-refractivity contribution < 1.29 is 14.6 Å². The van der Waals surface area contributed by atoms with E-state index in [-0.39, 0.29) is 11.5 Å². The van der Waals surface area contributed by atoms with Crippen LogP contribution in [0.2, 0.25) is 0 Å². The number of Topliss-reactive ketones (excluding diaryl/α,β-unsaturated/α-hetero) is 1. The SMILES string of the molecule is C=CCc1cc(C(=O)Cc2ccccc2)c(OC)cc1O. The van der Waals surface area contributed by atoms with Crippen molar-refractivity contribution in [1.82, 2.24) is 0 Å². The number of phenolic OH excluding ortho intramolecular Hbond substituents is 1. The lowest BCUT2D eigenvalue weighted by atomic mass is 9.98. The Morgan fingerprint density at radius 3 is 2.62 bits per heavy atom. The minimum Gasteiger partial charge on any atom is -0.508 e. The molecule has 0 aliphatic heterocycles. The van der Waals surface area contributed by atoms with Gasteiger partial charge in [-0.05, 0) is 23.6 Å². The summed E-state index contributed by atoms with van der Waals surface area (Å²) in [5.74, 6) is 0.465. The predicted molar refractivity (Wildman–Crippen MR) is 83.0 cm³/mol. The van der Waals surface area contributed by atoms with E-state index < -0.39 is 0 Å². The zero-order valence-electron chi connectivity index (χ0n) is 12.0. The molecule has 0 saturated carbocycles. The van der Waals surface area contributed by atoms with Gasteiger partial charge in [-0.25, -0.2) is 0 Å².